The molecule has 324 valence electrons. The highest BCUT2D eigenvalue weighted by molar-refractivity contribution is 5.88. The molecule has 6 rings (SSSR count). The fourth-order valence-electron chi connectivity index (χ4n) is 7.35. The van der Waals surface area contributed by atoms with Gasteiger partial charge in [0.1, 0.15) is 22.8 Å². The number of rotatable bonds is 10. The second-order valence-corrected chi connectivity index (χ2v) is 15.3. The number of alkyl carbamates (subject to hydrolysis) is 1. The van der Waals surface area contributed by atoms with Gasteiger partial charge in [-0.2, -0.15) is 26.3 Å². The van der Waals surface area contributed by atoms with E-state index in [1.807, 2.05) is 0 Å². The lowest BCUT2D eigenvalue weighted by atomic mass is 9.85. The minimum absolute atomic E-state index is 0.0185. The zero-order chi connectivity index (χ0) is 43.8. The summed E-state index contributed by atoms with van der Waals surface area (Å²) in [6.45, 7) is 3.07. The van der Waals surface area contributed by atoms with Crippen LogP contribution in [0.15, 0.2) is 68.6 Å². The maximum Gasteiger partial charge on any atom is 0.449 e. The van der Waals surface area contributed by atoms with Crippen molar-refractivity contribution in [1.82, 2.24) is 24.8 Å². The number of amides is 3. The number of alkyl halides is 6. The molecule has 4 aromatic rings. The lowest BCUT2D eigenvalue weighted by molar-refractivity contribution is -0.153. The minimum atomic E-state index is -5.03. The Balaban J connectivity index is 1.44. The van der Waals surface area contributed by atoms with Crippen LogP contribution in [0.25, 0.3) is 0 Å². The van der Waals surface area contributed by atoms with Crippen molar-refractivity contribution >= 4 is 17.8 Å². The molecular formula is C39H41F7N6O8. The highest BCUT2D eigenvalue weighted by Crippen LogP contribution is 2.43. The third-order valence-corrected chi connectivity index (χ3v) is 10.00. The molecule has 1 unspecified atom stereocenters. The molecule has 2 aliphatic heterocycles. The Morgan fingerprint density at radius 1 is 0.917 bits per heavy atom. The average molecular weight is 855 g/mol. The van der Waals surface area contributed by atoms with Crippen LogP contribution < -0.4 is 27.4 Å². The van der Waals surface area contributed by atoms with Crippen molar-refractivity contribution in [2.24, 2.45) is 0 Å². The standard InChI is InChI=1S/C39H41F7N6O8/c1-36(2,3)60-34(55)48-28(22-7-5-8-23(17-22)47-33(54)49-57-4)20-52-32(53)31-29(51(35(52)56)19-25-26(38(41,42)43)9-6-10-27(25)40)21-58-37(31)13-15-50(16-14-37)18-24-11-12-30(59-24)39(44,45)46/h5-12,17,28H,13-16,18-21H2,1-4H3,(H,48,55)(H2,47,49,54). The Bertz CT molecular complexity index is 2360. The van der Waals surface area contributed by atoms with E-state index in [-0.39, 0.29) is 60.7 Å². The number of anilines is 1. The number of carbonyl (C=O) groups excluding carboxylic acids is 2. The van der Waals surface area contributed by atoms with E-state index in [4.69, 9.17) is 13.9 Å². The van der Waals surface area contributed by atoms with E-state index < -0.39 is 95.4 Å². The number of hydrogen-bond donors (Lipinski definition) is 3. The van der Waals surface area contributed by atoms with Crippen molar-refractivity contribution in [2.45, 2.75) is 89.5 Å². The Morgan fingerprint density at radius 3 is 2.25 bits per heavy atom. The number of carbonyl (C=O) groups is 2. The van der Waals surface area contributed by atoms with Gasteiger partial charge in [0.05, 0.1) is 56.2 Å². The molecule has 0 bridgehead atoms. The van der Waals surface area contributed by atoms with Gasteiger partial charge in [-0.1, -0.05) is 18.2 Å². The summed E-state index contributed by atoms with van der Waals surface area (Å²) < 4.78 is 116. The predicted molar refractivity (Wildman–Crippen MR) is 198 cm³/mol. The van der Waals surface area contributed by atoms with Crippen LogP contribution in [0.3, 0.4) is 0 Å². The van der Waals surface area contributed by atoms with Crippen LogP contribution in [0.4, 0.5) is 46.0 Å². The molecular weight excluding hydrogens is 813 g/mol. The van der Waals surface area contributed by atoms with Gasteiger partial charge in [-0.05, 0) is 75.6 Å². The summed E-state index contributed by atoms with van der Waals surface area (Å²) in [5, 5.41) is 5.15. The number of fused-ring (bicyclic) bond motifs is 2. The number of halogens is 7. The normalized spacial score (nSPS) is 16.1. The van der Waals surface area contributed by atoms with Crippen LogP contribution in [-0.4, -0.2) is 52.0 Å². The second kappa shape index (κ2) is 16.8. The van der Waals surface area contributed by atoms with E-state index in [1.54, 1.807) is 25.7 Å². The van der Waals surface area contributed by atoms with Crippen LogP contribution in [0.1, 0.15) is 79.1 Å². The quantitative estimate of drug-likeness (QED) is 0.115. The van der Waals surface area contributed by atoms with E-state index in [9.17, 15) is 45.5 Å². The lowest BCUT2D eigenvalue weighted by Crippen LogP contribution is -2.50. The van der Waals surface area contributed by atoms with E-state index in [2.05, 4.69) is 21.0 Å². The zero-order valence-electron chi connectivity index (χ0n) is 32.7. The van der Waals surface area contributed by atoms with Crippen LogP contribution in [0.2, 0.25) is 0 Å². The summed E-state index contributed by atoms with van der Waals surface area (Å²) in [4.78, 5) is 61.1. The van der Waals surface area contributed by atoms with Crippen molar-refractivity contribution in [1.29, 1.82) is 0 Å². The van der Waals surface area contributed by atoms with Crippen molar-refractivity contribution in [3.63, 3.8) is 0 Å². The average Bonchev–Trinajstić information content (AvgIpc) is 3.77. The number of ether oxygens (including phenoxy) is 2. The number of furan rings is 1. The maximum atomic E-state index is 15.4. The molecule has 2 aliphatic rings. The molecule has 3 N–H and O–H groups in total. The Labute approximate surface area is 337 Å². The molecule has 0 aliphatic carbocycles. The molecule has 1 spiro atoms. The number of likely N-dealkylation sites (tertiary alicyclic amines) is 1. The molecule has 0 radical (unpaired) electrons. The Morgan fingerprint density at radius 2 is 1.62 bits per heavy atom. The third-order valence-electron chi connectivity index (χ3n) is 10.00. The van der Waals surface area contributed by atoms with Crippen LogP contribution in [0, 0.1) is 5.82 Å². The molecule has 1 atom stereocenters. The molecule has 2 aromatic heterocycles. The number of piperidine rings is 1. The number of hydrogen-bond acceptors (Lipinski definition) is 9. The molecule has 14 nitrogen and oxygen atoms in total. The molecule has 21 heteroatoms. The molecule has 1 fully saturated rings. The van der Waals surface area contributed by atoms with Gasteiger partial charge in [-0.25, -0.2) is 24.3 Å². The van der Waals surface area contributed by atoms with Gasteiger partial charge in [0, 0.05) is 24.3 Å². The van der Waals surface area contributed by atoms with E-state index in [0.29, 0.717) is 6.07 Å². The fourth-order valence-corrected chi connectivity index (χ4v) is 7.35. The number of aromatic nitrogens is 2. The Kier molecular flexibility index (Phi) is 12.3. The fraction of sp³-hybridized carbons (Fsp3) is 0.436. The summed E-state index contributed by atoms with van der Waals surface area (Å²) in [6.07, 6.45) is -10.6. The number of benzene rings is 2. The third kappa shape index (κ3) is 9.68. The van der Waals surface area contributed by atoms with E-state index in [1.165, 1.54) is 37.4 Å². The van der Waals surface area contributed by atoms with Crippen LogP contribution in [0.5, 0.6) is 0 Å². The van der Waals surface area contributed by atoms with Crippen molar-refractivity contribution in [3.05, 3.63) is 121 Å². The summed E-state index contributed by atoms with van der Waals surface area (Å²) in [7, 11) is 1.21. The van der Waals surface area contributed by atoms with E-state index >= 15 is 4.39 Å². The zero-order valence-corrected chi connectivity index (χ0v) is 32.7. The number of urea groups is 1. The first-order chi connectivity index (χ1) is 28.1. The van der Waals surface area contributed by atoms with Crippen LogP contribution >= 0.6 is 0 Å². The molecule has 3 amide bonds. The first kappa shape index (κ1) is 43.9. The molecule has 0 saturated carbocycles. The topological polar surface area (TPSA) is 158 Å². The molecule has 4 heterocycles. The van der Waals surface area contributed by atoms with Gasteiger partial charge in [-0.15, -0.1) is 0 Å². The highest BCUT2D eigenvalue weighted by Gasteiger charge is 2.48. The summed E-state index contributed by atoms with van der Waals surface area (Å²) in [6, 6.07) is 8.29. The maximum absolute atomic E-state index is 15.4. The molecule has 60 heavy (non-hydrogen) atoms. The smallest absolute Gasteiger partial charge is 0.449 e. The summed E-state index contributed by atoms with van der Waals surface area (Å²) in [5.74, 6) is -2.39. The van der Waals surface area contributed by atoms with Crippen molar-refractivity contribution < 1.29 is 59.1 Å². The van der Waals surface area contributed by atoms with Crippen molar-refractivity contribution in [3.8, 4) is 0 Å². The first-order valence-electron chi connectivity index (χ1n) is 18.5. The SMILES string of the molecule is CONC(=O)Nc1cccc(C(Cn2c(=O)c3c(n(Cc4c(F)cccc4C(F)(F)F)c2=O)COC32CCN(Cc3ccc(C(F)(F)F)o3)CC2)NC(=O)OC(C)(C)C)c1. The minimum Gasteiger partial charge on any atom is -0.455 e. The largest absolute Gasteiger partial charge is 0.455 e. The first-order valence-corrected chi connectivity index (χ1v) is 18.5. The number of nitrogens with zero attached hydrogens (tertiary/aromatic N) is 3. The molecule has 1 saturated heterocycles. The summed E-state index contributed by atoms with van der Waals surface area (Å²) in [5.41, 5.74) is -4.32. The van der Waals surface area contributed by atoms with Gasteiger partial charge in [0.25, 0.3) is 5.56 Å². The number of hydroxylamine groups is 1. The van der Waals surface area contributed by atoms with E-state index in [0.717, 1.165) is 27.3 Å². The van der Waals surface area contributed by atoms with Crippen LogP contribution in [-0.2, 0) is 58.5 Å². The van der Waals surface area contributed by atoms with Gasteiger partial charge >= 0.3 is 30.2 Å². The van der Waals surface area contributed by atoms with Gasteiger partial charge in [0.2, 0.25) is 5.76 Å². The molecule has 2 aromatic carbocycles. The predicted octanol–water partition coefficient (Wildman–Crippen LogP) is 6.80. The Hall–Kier alpha value is -5.67. The lowest BCUT2D eigenvalue weighted by Gasteiger charge is -2.38. The monoisotopic (exact) mass is 854 g/mol. The van der Waals surface area contributed by atoms with Gasteiger partial charge in [0.15, 0.2) is 0 Å². The second-order valence-electron chi connectivity index (χ2n) is 15.3. The number of nitrogens with one attached hydrogen (secondary N) is 3. The van der Waals surface area contributed by atoms with Gasteiger partial charge < -0.3 is 24.5 Å². The highest BCUT2D eigenvalue weighted by atomic mass is 19.4. The van der Waals surface area contributed by atoms with Gasteiger partial charge in [-0.3, -0.25) is 23.7 Å². The summed E-state index contributed by atoms with van der Waals surface area (Å²) >= 11 is 0. The van der Waals surface area contributed by atoms with Crippen molar-refractivity contribution in [2.75, 3.05) is 25.5 Å².